The molecule has 6 nitrogen and oxygen atoms in total. The summed E-state index contributed by atoms with van der Waals surface area (Å²) in [5, 5.41) is 1.90. The lowest BCUT2D eigenvalue weighted by molar-refractivity contribution is -0.134. The van der Waals surface area contributed by atoms with Crippen LogP contribution in [-0.4, -0.2) is 48.9 Å². The zero-order valence-electron chi connectivity index (χ0n) is 20.7. The third kappa shape index (κ3) is 6.21. The maximum atomic E-state index is 13.0. The summed E-state index contributed by atoms with van der Waals surface area (Å²) in [6, 6.07) is 16.8. The maximum absolute atomic E-state index is 13.0. The molecule has 1 unspecified atom stereocenters. The molecule has 1 aliphatic rings. The van der Waals surface area contributed by atoms with Crippen LogP contribution in [0.3, 0.4) is 0 Å². The molecule has 36 heavy (non-hydrogen) atoms. The van der Waals surface area contributed by atoms with Crippen LogP contribution in [0.1, 0.15) is 62.4 Å². The third-order valence-electron chi connectivity index (χ3n) is 6.32. The topological polar surface area (TPSA) is 72.9 Å². The Morgan fingerprint density at radius 3 is 2.64 bits per heavy atom. The molecule has 1 atom stereocenters. The lowest BCUT2D eigenvalue weighted by Crippen LogP contribution is -2.41. The van der Waals surface area contributed by atoms with E-state index in [1.165, 1.54) is 11.3 Å². The molecule has 4 rings (SSSR count). The first kappa shape index (κ1) is 25.6. The predicted molar refractivity (Wildman–Crippen MR) is 140 cm³/mol. The zero-order valence-corrected chi connectivity index (χ0v) is 21.5. The van der Waals surface area contributed by atoms with Gasteiger partial charge in [0, 0.05) is 35.9 Å². The smallest absolute Gasteiger partial charge is 0.339 e. The molecule has 0 bridgehead atoms. The molecular weight excluding hydrogens is 474 g/mol. The minimum atomic E-state index is -0.406. The number of para-hydroxylation sites is 1. The summed E-state index contributed by atoms with van der Waals surface area (Å²) in [5.74, 6) is 0.147. The number of piperidine rings is 1. The van der Waals surface area contributed by atoms with E-state index in [2.05, 4.69) is 0 Å². The van der Waals surface area contributed by atoms with E-state index in [9.17, 15) is 14.4 Å². The Bertz CT molecular complexity index is 1220. The Morgan fingerprint density at radius 2 is 1.89 bits per heavy atom. The number of nitrogens with zero attached hydrogens (tertiary/aromatic N) is 1. The summed E-state index contributed by atoms with van der Waals surface area (Å²) >= 11 is 1.48. The van der Waals surface area contributed by atoms with Gasteiger partial charge in [-0.25, -0.2) is 4.79 Å². The summed E-state index contributed by atoms with van der Waals surface area (Å²) < 4.78 is 11.0. The van der Waals surface area contributed by atoms with Gasteiger partial charge in [-0.15, -0.1) is 11.3 Å². The monoisotopic (exact) mass is 505 g/mol. The Hall–Kier alpha value is -3.45. The number of Topliss-reactive ketones (excluding diaryl/α,β-unsaturated/α-hetero) is 1. The highest BCUT2D eigenvalue weighted by Crippen LogP contribution is 2.36. The summed E-state index contributed by atoms with van der Waals surface area (Å²) in [5.41, 5.74) is 2.82. The van der Waals surface area contributed by atoms with E-state index in [-0.39, 0.29) is 37.2 Å². The van der Waals surface area contributed by atoms with Gasteiger partial charge in [-0.2, -0.15) is 0 Å². The average Bonchev–Trinajstić information content (AvgIpc) is 3.31. The molecule has 1 aromatic heterocycles. The Kier molecular flexibility index (Phi) is 8.54. The van der Waals surface area contributed by atoms with Crippen molar-refractivity contribution in [2.24, 2.45) is 0 Å². The molecule has 188 valence electrons. The SMILES string of the molecule is CCOC(=O)c1c(CC(=O)c2cccc(C)c2)csc1C1CCCN(C(=O)COc2ccccc2)C1. The van der Waals surface area contributed by atoms with Gasteiger partial charge >= 0.3 is 5.97 Å². The minimum absolute atomic E-state index is 0.00616. The number of thiophene rings is 1. The number of rotatable bonds is 9. The number of amides is 1. The fourth-order valence-electron chi connectivity index (χ4n) is 4.54. The number of likely N-dealkylation sites (tertiary alicyclic amines) is 1. The number of aryl methyl sites for hydroxylation is 1. The van der Waals surface area contributed by atoms with Crippen LogP contribution >= 0.6 is 11.3 Å². The van der Waals surface area contributed by atoms with Crippen molar-refractivity contribution in [3.05, 3.63) is 87.1 Å². The molecule has 1 fully saturated rings. The number of carbonyl (C=O) groups excluding carboxylic acids is 3. The van der Waals surface area contributed by atoms with Crippen LogP contribution < -0.4 is 4.74 Å². The molecule has 0 saturated carbocycles. The van der Waals surface area contributed by atoms with Crippen molar-refractivity contribution >= 4 is 29.0 Å². The molecule has 2 heterocycles. The Balaban J connectivity index is 1.51. The normalized spacial score (nSPS) is 15.4. The van der Waals surface area contributed by atoms with Crippen LogP contribution in [0.25, 0.3) is 0 Å². The Labute approximate surface area is 215 Å². The summed E-state index contributed by atoms with van der Waals surface area (Å²) in [4.78, 5) is 41.6. The van der Waals surface area contributed by atoms with E-state index in [1.54, 1.807) is 13.0 Å². The molecule has 1 amide bonds. The van der Waals surface area contributed by atoms with Gasteiger partial charge in [-0.3, -0.25) is 9.59 Å². The molecule has 0 N–H and O–H groups in total. The van der Waals surface area contributed by atoms with Crippen LogP contribution in [0.2, 0.25) is 0 Å². The minimum Gasteiger partial charge on any atom is -0.484 e. The summed E-state index contributed by atoms with van der Waals surface area (Å²) in [6.07, 6.45) is 1.83. The Morgan fingerprint density at radius 1 is 1.08 bits per heavy atom. The first-order valence-corrected chi connectivity index (χ1v) is 13.2. The average molecular weight is 506 g/mol. The molecule has 1 saturated heterocycles. The van der Waals surface area contributed by atoms with Gasteiger partial charge in [0.1, 0.15) is 5.75 Å². The van der Waals surface area contributed by atoms with Gasteiger partial charge in [-0.05, 0) is 55.8 Å². The first-order valence-electron chi connectivity index (χ1n) is 12.3. The summed E-state index contributed by atoms with van der Waals surface area (Å²) in [7, 11) is 0. The zero-order chi connectivity index (χ0) is 25.5. The van der Waals surface area contributed by atoms with Crippen molar-refractivity contribution in [2.75, 3.05) is 26.3 Å². The third-order valence-corrected chi connectivity index (χ3v) is 7.51. The summed E-state index contributed by atoms with van der Waals surface area (Å²) in [6.45, 7) is 5.12. The second kappa shape index (κ2) is 12.0. The molecule has 0 radical (unpaired) electrons. The van der Waals surface area contributed by atoms with E-state index >= 15 is 0 Å². The lowest BCUT2D eigenvalue weighted by atomic mass is 9.91. The van der Waals surface area contributed by atoms with Gasteiger partial charge in [0.25, 0.3) is 5.91 Å². The quantitative estimate of drug-likeness (QED) is 0.286. The highest BCUT2D eigenvalue weighted by Gasteiger charge is 2.31. The number of carbonyl (C=O) groups is 3. The molecule has 3 aromatic rings. The van der Waals surface area contributed by atoms with E-state index in [4.69, 9.17) is 9.47 Å². The number of esters is 1. The molecule has 7 heteroatoms. The van der Waals surface area contributed by atoms with Crippen LogP contribution in [-0.2, 0) is 16.0 Å². The van der Waals surface area contributed by atoms with Crippen LogP contribution in [0.5, 0.6) is 5.75 Å². The molecule has 2 aromatic carbocycles. The van der Waals surface area contributed by atoms with Crippen LogP contribution in [0.15, 0.2) is 60.0 Å². The van der Waals surface area contributed by atoms with E-state index in [0.717, 1.165) is 23.3 Å². The number of hydrogen-bond donors (Lipinski definition) is 0. The van der Waals surface area contributed by atoms with Gasteiger partial charge in [0.05, 0.1) is 12.2 Å². The molecule has 0 spiro atoms. The highest BCUT2D eigenvalue weighted by atomic mass is 32.1. The van der Waals surface area contributed by atoms with Crippen LogP contribution in [0, 0.1) is 6.92 Å². The number of ether oxygens (including phenoxy) is 2. The van der Waals surface area contributed by atoms with Crippen molar-refractivity contribution in [3.8, 4) is 5.75 Å². The largest absolute Gasteiger partial charge is 0.484 e. The fourth-order valence-corrected chi connectivity index (χ4v) is 5.73. The molecule has 0 aliphatic carbocycles. The first-order chi connectivity index (χ1) is 17.5. The fraction of sp³-hybridized carbons (Fsp3) is 0.345. The van der Waals surface area contributed by atoms with Crippen molar-refractivity contribution in [3.63, 3.8) is 0 Å². The van der Waals surface area contributed by atoms with E-state index < -0.39 is 5.97 Å². The predicted octanol–water partition coefficient (Wildman–Crippen LogP) is 5.44. The second-order valence-corrected chi connectivity index (χ2v) is 9.88. The van der Waals surface area contributed by atoms with Gasteiger partial charge in [-0.1, -0.05) is 42.0 Å². The number of ketones is 1. The van der Waals surface area contributed by atoms with Crippen LogP contribution in [0.4, 0.5) is 0 Å². The van der Waals surface area contributed by atoms with Gasteiger partial charge in [0.2, 0.25) is 0 Å². The number of benzene rings is 2. The van der Waals surface area contributed by atoms with Crippen molar-refractivity contribution in [1.82, 2.24) is 4.90 Å². The second-order valence-electron chi connectivity index (χ2n) is 8.97. The van der Waals surface area contributed by atoms with E-state index in [0.29, 0.717) is 35.5 Å². The van der Waals surface area contributed by atoms with Gasteiger partial charge in [0.15, 0.2) is 12.4 Å². The lowest BCUT2D eigenvalue weighted by Gasteiger charge is -2.32. The van der Waals surface area contributed by atoms with Gasteiger partial charge < -0.3 is 14.4 Å². The molecule has 1 aliphatic heterocycles. The van der Waals surface area contributed by atoms with E-state index in [1.807, 2.05) is 65.7 Å². The maximum Gasteiger partial charge on any atom is 0.339 e. The highest BCUT2D eigenvalue weighted by molar-refractivity contribution is 7.10. The number of hydrogen-bond acceptors (Lipinski definition) is 6. The van der Waals surface area contributed by atoms with Crippen molar-refractivity contribution in [1.29, 1.82) is 0 Å². The van der Waals surface area contributed by atoms with Crippen molar-refractivity contribution < 1.29 is 23.9 Å². The van der Waals surface area contributed by atoms with Crippen molar-refractivity contribution in [2.45, 2.75) is 39.0 Å². The molecular formula is C29H31NO5S. The standard InChI is InChI=1S/C29H31NO5S/c1-3-34-29(33)27-23(16-25(31)21-10-7-9-20(2)15-21)19-36-28(27)22-11-8-14-30(17-22)26(32)18-35-24-12-5-4-6-13-24/h4-7,9-10,12-13,15,19,22H,3,8,11,14,16-18H2,1-2H3.